The minimum Gasteiger partial charge on any atom is -0.497 e. The number of aryl methyl sites for hydroxylation is 2. The van der Waals surface area contributed by atoms with Gasteiger partial charge in [-0.15, -0.1) is 0 Å². The standard InChI is InChI=1S/C16H16BrNO3/c1-10-4-13(17)6-12(8-19)16(10)21-9-14-7-15(20-3)5-11(2)18-14/h4-8H,9H2,1-3H3. The van der Waals surface area contributed by atoms with Crippen LogP contribution in [0.1, 0.15) is 27.3 Å². The predicted molar refractivity (Wildman–Crippen MR) is 84.1 cm³/mol. The maximum absolute atomic E-state index is 11.2. The monoisotopic (exact) mass is 349 g/mol. The molecule has 0 radical (unpaired) electrons. The average Bonchev–Trinajstić information content (AvgIpc) is 2.44. The number of halogens is 1. The maximum atomic E-state index is 11.2. The van der Waals surface area contributed by atoms with Gasteiger partial charge < -0.3 is 9.47 Å². The van der Waals surface area contributed by atoms with Crippen molar-refractivity contribution in [3.8, 4) is 11.5 Å². The Bertz CT molecular complexity index is 671. The van der Waals surface area contributed by atoms with Gasteiger partial charge in [-0.3, -0.25) is 9.78 Å². The number of hydrogen-bond donors (Lipinski definition) is 0. The van der Waals surface area contributed by atoms with Crippen LogP contribution < -0.4 is 9.47 Å². The molecule has 2 aromatic rings. The Morgan fingerprint density at radius 1 is 1.24 bits per heavy atom. The van der Waals surface area contributed by atoms with E-state index in [1.54, 1.807) is 13.2 Å². The second-order valence-electron chi connectivity index (χ2n) is 4.69. The predicted octanol–water partition coefficient (Wildman–Crippen LogP) is 3.86. The first-order valence-corrected chi connectivity index (χ1v) is 7.22. The van der Waals surface area contributed by atoms with Crippen molar-refractivity contribution in [2.75, 3.05) is 7.11 Å². The zero-order chi connectivity index (χ0) is 15.4. The lowest BCUT2D eigenvalue weighted by Crippen LogP contribution is -2.03. The summed E-state index contributed by atoms with van der Waals surface area (Å²) in [7, 11) is 1.61. The van der Waals surface area contributed by atoms with Crippen LogP contribution in [0.25, 0.3) is 0 Å². The summed E-state index contributed by atoms with van der Waals surface area (Å²) in [6.07, 6.45) is 0.789. The van der Waals surface area contributed by atoms with E-state index < -0.39 is 0 Å². The molecule has 0 unspecified atom stereocenters. The van der Waals surface area contributed by atoms with Gasteiger partial charge in [0.2, 0.25) is 0 Å². The van der Waals surface area contributed by atoms with Crippen molar-refractivity contribution in [2.45, 2.75) is 20.5 Å². The molecule has 0 spiro atoms. The fraction of sp³-hybridized carbons (Fsp3) is 0.250. The first-order chi connectivity index (χ1) is 10.0. The molecule has 0 bridgehead atoms. The van der Waals surface area contributed by atoms with Crippen molar-refractivity contribution in [2.24, 2.45) is 0 Å². The van der Waals surface area contributed by atoms with Crippen LogP contribution in [0, 0.1) is 13.8 Å². The summed E-state index contributed by atoms with van der Waals surface area (Å²) >= 11 is 3.37. The molecule has 5 heteroatoms. The summed E-state index contributed by atoms with van der Waals surface area (Å²) in [5.74, 6) is 1.32. The molecule has 0 N–H and O–H groups in total. The van der Waals surface area contributed by atoms with Gasteiger partial charge in [-0.05, 0) is 31.5 Å². The number of pyridine rings is 1. The summed E-state index contributed by atoms with van der Waals surface area (Å²) in [4.78, 5) is 15.6. The van der Waals surface area contributed by atoms with Crippen molar-refractivity contribution in [3.63, 3.8) is 0 Å². The van der Waals surface area contributed by atoms with E-state index in [4.69, 9.17) is 9.47 Å². The lowest BCUT2D eigenvalue weighted by molar-refractivity contribution is 0.111. The molecule has 0 atom stereocenters. The summed E-state index contributed by atoms with van der Waals surface area (Å²) in [5, 5.41) is 0. The fourth-order valence-corrected chi connectivity index (χ4v) is 2.67. The minimum atomic E-state index is 0.279. The fourth-order valence-electron chi connectivity index (χ4n) is 2.08. The molecule has 0 fully saturated rings. The number of aromatic nitrogens is 1. The third-order valence-electron chi connectivity index (χ3n) is 2.98. The molecule has 0 amide bonds. The zero-order valence-electron chi connectivity index (χ0n) is 12.1. The Morgan fingerprint density at radius 2 is 2.00 bits per heavy atom. The topological polar surface area (TPSA) is 48.4 Å². The molecular weight excluding hydrogens is 334 g/mol. The zero-order valence-corrected chi connectivity index (χ0v) is 13.7. The lowest BCUT2D eigenvalue weighted by Gasteiger charge is -2.12. The Morgan fingerprint density at radius 3 is 2.67 bits per heavy atom. The smallest absolute Gasteiger partial charge is 0.153 e. The molecule has 110 valence electrons. The van der Waals surface area contributed by atoms with E-state index >= 15 is 0 Å². The van der Waals surface area contributed by atoms with Gasteiger partial charge in [0, 0.05) is 22.3 Å². The van der Waals surface area contributed by atoms with Crippen molar-refractivity contribution < 1.29 is 14.3 Å². The van der Waals surface area contributed by atoms with Gasteiger partial charge in [0.05, 0.1) is 18.4 Å². The molecule has 0 aliphatic carbocycles. The van der Waals surface area contributed by atoms with Crippen molar-refractivity contribution in [3.05, 3.63) is 51.3 Å². The lowest BCUT2D eigenvalue weighted by atomic mass is 10.1. The quantitative estimate of drug-likeness (QED) is 0.769. The van der Waals surface area contributed by atoms with Crippen LogP contribution >= 0.6 is 15.9 Å². The van der Waals surface area contributed by atoms with Crippen LogP contribution in [0.15, 0.2) is 28.7 Å². The number of methoxy groups -OCH3 is 1. The van der Waals surface area contributed by atoms with Crippen LogP contribution in [0.4, 0.5) is 0 Å². The molecule has 21 heavy (non-hydrogen) atoms. The molecule has 4 nitrogen and oxygen atoms in total. The number of carbonyl (C=O) groups excluding carboxylic acids is 1. The Balaban J connectivity index is 2.24. The summed E-state index contributed by atoms with van der Waals surface area (Å²) in [6, 6.07) is 7.32. The van der Waals surface area contributed by atoms with E-state index in [1.165, 1.54) is 0 Å². The van der Waals surface area contributed by atoms with Gasteiger partial charge in [-0.25, -0.2) is 0 Å². The highest BCUT2D eigenvalue weighted by Crippen LogP contribution is 2.27. The van der Waals surface area contributed by atoms with E-state index in [0.29, 0.717) is 11.3 Å². The molecule has 0 saturated heterocycles. The highest BCUT2D eigenvalue weighted by atomic mass is 79.9. The normalized spacial score (nSPS) is 10.3. The first kappa shape index (κ1) is 15.5. The third-order valence-corrected chi connectivity index (χ3v) is 3.43. The number of aldehydes is 1. The van der Waals surface area contributed by atoms with Gasteiger partial charge in [-0.2, -0.15) is 0 Å². The van der Waals surface area contributed by atoms with Gasteiger partial charge >= 0.3 is 0 Å². The van der Waals surface area contributed by atoms with Gasteiger partial charge in [0.15, 0.2) is 6.29 Å². The van der Waals surface area contributed by atoms with E-state index in [0.717, 1.165) is 33.5 Å². The molecule has 0 aliphatic heterocycles. The molecular formula is C16H16BrNO3. The number of carbonyl (C=O) groups is 1. The van der Waals surface area contributed by atoms with Crippen LogP contribution in [0.3, 0.4) is 0 Å². The van der Waals surface area contributed by atoms with E-state index in [9.17, 15) is 4.79 Å². The average molecular weight is 350 g/mol. The number of rotatable bonds is 5. The third kappa shape index (κ3) is 3.82. The SMILES string of the molecule is COc1cc(C)nc(COc2c(C)cc(Br)cc2C=O)c1. The highest BCUT2D eigenvalue weighted by molar-refractivity contribution is 9.10. The summed E-state index contributed by atoms with van der Waals surface area (Å²) < 4.78 is 11.9. The first-order valence-electron chi connectivity index (χ1n) is 6.43. The molecule has 1 aromatic heterocycles. The Hall–Kier alpha value is -1.88. The summed E-state index contributed by atoms with van der Waals surface area (Å²) in [5.41, 5.74) is 3.02. The molecule has 0 aliphatic rings. The second-order valence-corrected chi connectivity index (χ2v) is 5.60. The molecule has 1 heterocycles. The highest BCUT2D eigenvalue weighted by Gasteiger charge is 2.10. The number of ether oxygens (including phenoxy) is 2. The van der Waals surface area contributed by atoms with Crippen molar-refractivity contribution >= 4 is 22.2 Å². The molecule has 1 aromatic carbocycles. The van der Waals surface area contributed by atoms with Gasteiger partial charge in [0.25, 0.3) is 0 Å². The van der Waals surface area contributed by atoms with Crippen LogP contribution in [-0.4, -0.2) is 18.4 Å². The molecule has 2 rings (SSSR count). The maximum Gasteiger partial charge on any atom is 0.153 e. The second kappa shape index (κ2) is 6.72. The molecule has 0 saturated carbocycles. The van der Waals surface area contributed by atoms with Crippen LogP contribution in [0.5, 0.6) is 11.5 Å². The van der Waals surface area contributed by atoms with Gasteiger partial charge in [-0.1, -0.05) is 15.9 Å². The summed E-state index contributed by atoms with van der Waals surface area (Å²) in [6.45, 7) is 4.08. The Kier molecular flexibility index (Phi) is 4.96. The number of nitrogens with zero attached hydrogens (tertiary/aromatic N) is 1. The largest absolute Gasteiger partial charge is 0.497 e. The van der Waals surface area contributed by atoms with E-state index in [2.05, 4.69) is 20.9 Å². The number of benzene rings is 1. The van der Waals surface area contributed by atoms with Crippen molar-refractivity contribution in [1.29, 1.82) is 0 Å². The Labute approximate surface area is 132 Å². The van der Waals surface area contributed by atoms with Crippen LogP contribution in [0.2, 0.25) is 0 Å². The minimum absolute atomic E-state index is 0.279. The van der Waals surface area contributed by atoms with Crippen LogP contribution in [-0.2, 0) is 6.61 Å². The van der Waals surface area contributed by atoms with Gasteiger partial charge in [0.1, 0.15) is 18.1 Å². The van der Waals surface area contributed by atoms with Crippen molar-refractivity contribution in [1.82, 2.24) is 4.98 Å². The van der Waals surface area contributed by atoms with E-state index in [1.807, 2.05) is 32.0 Å². The number of hydrogen-bond acceptors (Lipinski definition) is 4. The van der Waals surface area contributed by atoms with E-state index in [-0.39, 0.29) is 6.61 Å².